The van der Waals surface area contributed by atoms with Crippen molar-refractivity contribution < 1.29 is 9.53 Å². The Morgan fingerprint density at radius 3 is 2.95 bits per heavy atom. The summed E-state index contributed by atoms with van der Waals surface area (Å²) in [5.41, 5.74) is 6.91. The van der Waals surface area contributed by atoms with Crippen molar-refractivity contribution in [2.45, 2.75) is 11.6 Å². The van der Waals surface area contributed by atoms with Gasteiger partial charge >= 0.3 is 0 Å². The minimum atomic E-state index is -0.0958. The van der Waals surface area contributed by atoms with E-state index in [1.54, 1.807) is 31.6 Å². The van der Waals surface area contributed by atoms with E-state index in [4.69, 9.17) is 10.5 Å². The molecular weight excluding hydrogens is 290 g/mol. The van der Waals surface area contributed by atoms with Gasteiger partial charge in [0.2, 0.25) is 5.91 Å². The number of carbonyl (C=O) groups excluding carboxylic acids is 1. The molecule has 0 atom stereocenters. The lowest BCUT2D eigenvalue weighted by Gasteiger charge is -2.09. The van der Waals surface area contributed by atoms with Gasteiger partial charge in [0.15, 0.2) is 5.16 Å². The molecule has 1 aromatic heterocycles. The lowest BCUT2D eigenvalue weighted by molar-refractivity contribution is -0.115. The Hall–Kier alpha value is -2.22. The first-order valence-corrected chi connectivity index (χ1v) is 7.29. The van der Waals surface area contributed by atoms with Crippen LogP contribution in [0.2, 0.25) is 0 Å². The fourth-order valence-corrected chi connectivity index (χ4v) is 2.46. The Bertz CT molecular complexity index is 629. The molecule has 3 N–H and O–H groups in total. The molecule has 0 aliphatic carbocycles. The van der Waals surface area contributed by atoms with E-state index in [2.05, 4.69) is 15.5 Å². The van der Waals surface area contributed by atoms with Gasteiger partial charge in [0.25, 0.3) is 0 Å². The highest BCUT2D eigenvalue weighted by Gasteiger charge is 2.08. The number of amides is 1. The van der Waals surface area contributed by atoms with Crippen molar-refractivity contribution in [3.8, 4) is 5.75 Å². The predicted molar refractivity (Wildman–Crippen MR) is 82.4 cm³/mol. The topological polar surface area (TPSA) is 95.1 Å². The number of methoxy groups -OCH3 is 1. The summed E-state index contributed by atoms with van der Waals surface area (Å²) >= 11 is 1.48. The summed E-state index contributed by atoms with van der Waals surface area (Å²) in [5, 5.41) is 11.3. The molecular formula is C13H17N5O2S. The Morgan fingerprint density at radius 1 is 1.52 bits per heavy atom. The molecule has 0 spiro atoms. The second-order valence-corrected chi connectivity index (χ2v) is 5.39. The fraction of sp³-hybridized carbons (Fsp3) is 0.308. The molecule has 0 radical (unpaired) electrons. The number of ether oxygens (including phenoxy) is 1. The van der Waals surface area contributed by atoms with Crippen molar-refractivity contribution in [2.24, 2.45) is 7.05 Å². The quantitative estimate of drug-likeness (QED) is 0.621. The molecule has 0 aliphatic heterocycles. The van der Waals surface area contributed by atoms with E-state index >= 15 is 0 Å². The van der Waals surface area contributed by atoms with E-state index in [-0.39, 0.29) is 5.91 Å². The van der Waals surface area contributed by atoms with E-state index in [1.165, 1.54) is 11.8 Å². The number of hydrogen-bond acceptors (Lipinski definition) is 6. The first-order valence-electron chi connectivity index (χ1n) is 6.30. The third-order valence-electron chi connectivity index (χ3n) is 2.76. The van der Waals surface area contributed by atoms with E-state index in [0.717, 1.165) is 5.16 Å². The van der Waals surface area contributed by atoms with Gasteiger partial charge < -0.3 is 20.4 Å². The molecule has 21 heavy (non-hydrogen) atoms. The van der Waals surface area contributed by atoms with Crippen LogP contribution in [0.3, 0.4) is 0 Å². The van der Waals surface area contributed by atoms with Gasteiger partial charge in [-0.25, -0.2) is 0 Å². The van der Waals surface area contributed by atoms with Crippen LogP contribution in [0.25, 0.3) is 0 Å². The van der Waals surface area contributed by atoms with Crippen LogP contribution in [-0.4, -0.2) is 33.5 Å². The number of thioether (sulfide) groups is 1. The second-order valence-electron chi connectivity index (χ2n) is 4.32. The maximum Gasteiger partial charge on any atom is 0.225 e. The van der Waals surface area contributed by atoms with Gasteiger partial charge in [-0.1, -0.05) is 11.8 Å². The molecule has 112 valence electrons. The van der Waals surface area contributed by atoms with Crippen LogP contribution in [-0.2, 0) is 11.8 Å². The Kier molecular flexibility index (Phi) is 5.04. The number of nitrogen functional groups attached to an aromatic ring is 1. The largest absolute Gasteiger partial charge is 0.497 e. The van der Waals surface area contributed by atoms with Gasteiger partial charge in [0.05, 0.1) is 18.5 Å². The molecule has 2 rings (SSSR count). The summed E-state index contributed by atoms with van der Waals surface area (Å²) in [4.78, 5) is 11.9. The maximum absolute atomic E-state index is 11.9. The Balaban J connectivity index is 1.83. The molecule has 1 heterocycles. The third kappa shape index (κ3) is 4.12. The number of carbonyl (C=O) groups is 1. The number of benzene rings is 1. The van der Waals surface area contributed by atoms with Crippen molar-refractivity contribution in [3.05, 3.63) is 24.5 Å². The van der Waals surface area contributed by atoms with Crippen LogP contribution >= 0.6 is 11.8 Å². The highest BCUT2D eigenvalue weighted by Crippen LogP contribution is 2.24. The van der Waals surface area contributed by atoms with Crippen molar-refractivity contribution in [1.29, 1.82) is 0 Å². The lowest BCUT2D eigenvalue weighted by atomic mass is 10.2. The number of nitrogens with one attached hydrogen (secondary N) is 1. The van der Waals surface area contributed by atoms with E-state index in [1.807, 2.05) is 11.6 Å². The number of anilines is 2. The van der Waals surface area contributed by atoms with Gasteiger partial charge in [0, 0.05) is 25.3 Å². The monoisotopic (exact) mass is 307 g/mol. The minimum Gasteiger partial charge on any atom is -0.497 e. The summed E-state index contributed by atoms with van der Waals surface area (Å²) in [5.74, 6) is 1.18. The van der Waals surface area contributed by atoms with E-state index < -0.39 is 0 Å². The summed E-state index contributed by atoms with van der Waals surface area (Å²) < 4.78 is 6.87. The van der Waals surface area contributed by atoms with E-state index in [9.17, 15) is 4.79 Å². The lowest BCUT2D eigenvalue weighted by Crippen LogP contribution is -2.13. The van der Waals surface area contributed by atoms with Crippen LogP contribution < -0.4 is 15.8 Å². The summed E-state index contributed by atoms with van der Waals surface area (Å²) in [6.07, 6.45) is 1.99. The summed E-state index contributed by atoms with van der Waals surface area (Å²) in [6.45, 7) is 0. The molecule has 0 saturated carbocycles. The van der Waals surface area contributed by atoms with Gasteiger partial charge in [-0.05, 0) is 12.1 Å². The predicted octanol–water partition coefficient (Wildman–Crippen LogP) is 1.53. The van der Waals surface area contributed by atoms with Gasteiger partial charge in [-0.15, -0.1) is 10.2 Å². The zero-order valence-electron chi connectivity index (χ0n) is 11.9. The van der Waals surface area contributed by atoms with Crippen molar-refractivity contribution in [2.75, 3.05) is 23.9 Å². The van der Waals surface area contributed by atoms with Crippen LogP contribution in [0.15, 0.2) is 29.7 Å². The van der Waals surface area contributed by atoms with Crippen LogP contribution in [0, 0.1) is 0 Å². The number of hydrogen-bond donors (Lipinski definition) is 2. The average Bonchev–Trinajstić information content (AvgIpc) is 2.87. The molecule has 1 amide bonds. The summed E-state index contributed by atoms with van der Waals surface area (Å²) in [7, 11) is 3.43. The molecule has 1 aromatic carbocycles. The normalized spacial score (nSPS) is 10.4. The molecule has 0 fully saturated rings. The van der Waals surface area contributed by atoms with Crippen LogP contribution in [0.4, 0.5) is 11.4 Å². The maximum atomic E-state index is 11.9. The highest BCUT2D eigenvalue weighted by atomic mass is 32.2. The van der Waals surface area contributed by atoms with Crippen molar-refractivity contribution in [1.82, 2.24) is 14.8 Å². The van der Waals surface area contributed by atoms with Crippen LogP contribution in [0.1, 0.15) is 6.42 Å². The van der Waals surface area contributed by atoms with E-state index in [0.29, 0.717) is 29.3 Å². The molecule has 0 unspecified atom stereocenters. The van der Waals surface area contributed by atoms with Gasteiger partial charge in [-0.2, -0.15) is 0 Å². The Labute approximate surface area is 126 Å². The number of aromatic nitrogens is 3. The molecule has 0 saturated heterocycles. The zero-order chi connectivity index (χ0) is 15.2. The molecule has 8 heteroatoms. The highest BCUT2D eigenvalue weighted by molar-refractivity contribution is 7.99. The molecule has 0 aliphatic rings. The second kappa shape index (κ2) is 6.98. The SMILES string of the molecule is COc1ccc(NC(=O)CCSc2nncn2C)c(N)c1. The smallest absolute Gasteiger partial charge is 0.225 e. The van der Waals surface area contributed by atoms with Gasteiger partial charge in [-0.3, -0.25) is 4.79 Å². The molecule has 7 nitrogen and oxygen atoms in total. The van der Waals surface area contributed by atoms with Crippen molar-refractivity contribution >= 4 is 29.0 Å². The number of nitrogens with zero attached hydrogens (tertiary/aromatic N) is 3. The molecule has 2 aromatic rings. The summed E-state index contributed by atoms with van der Waals surface area (Å²) in [6, 6.07) is 5.14. The fourth-order valence-electron chi connectivity index (χ4n) is 1.63. The standard InChI is InChI=1S/C13H17N5O2S/c1-18-8-15-17-13(18)21-6-5-12(19)16-11-4-3-9(20-2)7-10(11)14/h3-4,7-8H,5-6,14H2,1-2H3,(H,16,19). The number of rotatable bonds is 6. The average molecular weight is 307 g/mol. The number of aryl methyl sites for hydroxylation is 1. The minimum absolute atomic E-state index is 0.0958. The van der Waals surface area contributed by atoms with Crippen molar-refractivity contribution in [3.63, 3.8) is 0 Å². The third-order valence-corrected chi connectivity index (χ3v) is 3.80. The number of nitrogens with two attached hydrogens (primary N) is 1. The first kappa shape index (κ1) is 15.2. The van der Waals surface area contributed by atoms with Crippen LogP contribution in [0.5, 0.6) is 5.75 Å². The first-order chi connectivity index (χ1) is 10.1. The zero-order valence-corrected chi connectivity index (χ0v) is 12.7. The van der Waals surface area contributed by atoms with Gasteiger partial charge in [0.1, 0.15) is 12.1 Å². The molecule has 0 bridgehead atoms. The Morgan fingerprint density at radius 2 is 2.33 bits per heavy atom.